The van der Waals surface area contributed by atoms with Crippen molar-refractivity contribution in [1.82, 2.24) is 10.3 Å². The molecule has 0 radical (unpaired) electrons. The van der Waals surface area contributed by atoms with Gasteiger partial charge in [0.15, 0.2) is 0 Å². The molecule has 0 saturated heterocycles. The molecule has 0 aliphatic carbocycles. The number of rotatable bonds is 5. The second-order valence-electron chi connectivity index (χ2n) is 5.36. The number of thiazole rings is 1. The lowest BCUT2D eigenvalue weighted by Crippen LogP contribution is -2.25. The zero-order valence-corrected chi connectivity index (χ0v) is 13.8. The fourth-order valence-electron chi connectivity index (χ4n) is 2.26. The Kier molecular flexibility index (Phi) is 4.83. The normalized spacial score (nSPS) is 10.5. The number of nitrogens with zero attached hydrogens (tertiary/aromatic N) is 1. The monoisotopic (exact) mass is 322 g/mol. The van der Waals surface area contributed by atoms with Gasteiger partial charge in [0.05, 0.1) is 10.7 Å². The van der Waals surface area contributed by atoms with E-state index in [4.69, 9.17) is 0 Å². The molecule has 0 bridgehead atoms. The van der Waals surface area contributed by atoms with Crippen LogP contribution in [0.25, 0.3) is 11.3 Å². The first-order valence-corrected chi connectivity index (χ1v) is 8.45. The Labute approximate surface area is 140 Å². The third kappa shape index (κ3) is 4.05. The lowest BCUT2D eigenvalue weighted by Gasteiger charge is -2.04. The molecule has 0 spiro atoms. The lowest BCUT2D eigenvalue weighted by molar-refractivity contribution is 0.0954. The van der Waals surface area contributed by atoms with Crippen LogP contribution >= 0.6 is 11.3 Å². The Balaban J connectivity index is 1.54. The fraction of sp³-hybridized carbons (Fsp3) is 0.158. The predicted molar refractivity (Wildman–Crippen MR) is 94.8 cm³/mol. The zero-order valence-electron chi connectivity index (χ0n) is 13.0. The minimum atomic E-state index is -0.0372. The van der Waals surface area contributed by atoms with E-state index < -0.39 is 0 Å². The van der Waals surface area contributed by atoms with Gasteiger partial charge in [-0.1, -0.05) is 48.0 Å². The summed E-state index contributed by atoms with van der Waals surface area (Å²) in [7, 11) is 0. The summed E-state index contributed by atoms with van der Waals surface area (Å²) in [6.07, 6.45) is 0.745. The molecular formula is C19H18N2OS. The molecule has 3 aromatic rings. The van der Waals surface area contributed by atoms with Crippen LogP contribution in [0.2, 0.25) is 0 Å². The van der Waals surface area contributed by atoms with Crippen molar-refractivity contribution in [3.8, 4) is 11.3 Å². The molecule has 3 rings (SSSR count). The zero-order chi connectivity index (χ0) is 16.1. The van der Waals surface area contributed by atoms with Gasteiger partial charge >= 0.3 is 0 Å². The highest BCUT2D eigenvalue weighted by Gasteiger charge is 2.07. The molecule has 1 amide bonds. The van der Waals surface area contributed by atoms with E-state index >= 15 is 0 Å². The molecule has 2 aromatic carbocycles. The third-order valence-electron chi connectivity index (χ3n) is 3.56. The standard InChI is InChI=1S/C19H18N2OS/c1-14-7-9-16(10-8-14)19(22)20-12-11-18-21-17(13-23-18)15-5-3-2-4-6-15/h2-10,13H,11-12H2,1H3,(H,20,22). The molecular weight excluding hydrogens is 304 g/mol. The third-order valence-corrected chi connectivity index (χ3v) is 4.47. The van der Waals surface area contributed by atoms with Crippen molar-refractivity contribution in [2.45, 2.75) is 13.3 Å². The first kappa shape index (κ1) is 15.4. The van der Waals surface area contributed by atoms with E-state index in [1.54, 1.807) is 11.3 Å². The van der Waals surface area contributed by atoms with E-state index in [1.165, 1.54) is 0 Å². The maximum atomic E-state index is 12.0. The lowest BCUT2D eigenvalue weighted by atomic mass is 10.1. The summed E-state index contributed by atoms with van der Waals surface area (Å²) < 4.78 is 0. The van der Waals surface area contributed by atoms with Crippen LogP contribution in [0.4, 0.5) is 0 Å². The number of aromatic nitrogens is 1. The van der Waals surface area contributed by atoms with Gasteiger partial charge in [-0.2, -0.15) is 0 Å². The van der Waals surface area contributed by atoms with Gasteiger partial charge in [0.25, 0.3) is 5.91 Å². The highest BCUT2D eigenvalue weighted by atomic mass is 32.1. The van der Waals surface area contributed by atoms with E-state index in [9.17, 15) is 4.79 Å². The van der Waals surface area contributed by atoms with Crippen LogP contribution in [0.3, 0.4) is 0 Å². The number of hydrogen-bond acceptors (Lipinski definition) is 3. The van der Waals surface area contributed by atoms with Gasteiger partial charge in [0.1, 0.15) is 0 Å². The van der Waals surface area contributed by atoms with E-state index in [2.05, 4.69) is 27.8 Å². The fourth-order valence-corrected chi connectivity index (χ4v) is 3.06. The van der Waals surface area contributed by atoms with Crippen LogP contribution in [0.15, 0.2) is 60.0 Å². The number of hydrogen-bond donors (Lipinski definition) is 1. The highest BCUT2D eigenvalue weighted by Crippen LogP contribution is 2.21. The van der Waals surface area contributed by atoms with Crippen molar-refractivity contribution >= 4 is 17.2 Å². The maximum Gasteiger partial charge on any atom is 0.251 e. The van der Waals surface area contributed by atoms with E-state index in [1.807, 2.05) is 49.4 Å². The Morgan fingerprint density at radius 3 is 2.57 bits per heavy atom. The van der Waals surface area contributed by atoms with Crippen LogP contribution < -0.4 is 5.32 Å². The van der Waals surface area contributed by atoms with E-state index in [-0.39, 0.29) is 5.91 Å². The van der Waals surface area contributed by atoms with Crippen LogP contribution in [0.1, 0.15) is 20.9 Å². The molecule has 0 saturated carbocycles. The van der Waals surface area contributed by atoms with Crippen molar-refractivity contribution in [3.63, 3.8) is 0 Å². The van der Waals surface area contributed by atoms with Crippen LogP contribution in [0, 0.1) is 6.92 Å². The number of aryl methyl sites for hydroxylation is 1. The average molecular weight is 322 g/mol. The van der Waals surface area contributed by atoms with Crippen molar-refractivity contribution in [3.05, 3.63) is 76.1 Å². The Hall–Kier alpha value is -2.46. The first-order valence-electron chi connectivity index (χ1n) is 7.57. The quantitative estimate of drug-likeness (QED) is 0.768. The summed E-state index contributed by atoms with van der Waals surface area (Å²) >= 11 is 1.63. The molecule has 23 heavy (non-hydrogen) atoms. The maximum absolute atomic E-state index is 12.0. The molecule has 0 aliphatic heterocycles. The molecule has 3 nitrogen and oxygen atoms in total. The minimum absolute atomic E-state index is 0.0372. The number of nitrogens with one attached hydrogen (secondary N) is 1. The summed E-state index contributed by atoms with van der Waals surface area (Å²) in [5.41, 5.74) is 3.96. The van der Waals surface area contributed by atoms with E-state index in [0.29, 0.717) is 12.1 Å². The molecule has 116 valence electrons. The summed E-state index contributed by atoms with van der Waals surface area (Å²) in [5, 5.41) is 6.04. The largest absolute Gasteiger partial charge is 0.352 e. The SMILES string of the molecule is Cc1ccc(C(=O)NCCc2nc(-c3ccccc3)cs2)cc1. The number of carbonyl (C=O) groups excluding carboxylic acids is 1. The Morgan fingerprint density at radius 1 is 1.09 bits per heavy atom. The van der Waals surface area contributed by atoms with Gasteiger partial charge in [0.2, 0.25) is 0 Å². The van der Waals surface area contributed by atoms with Crippen molar-refractivity contribution in [2.24, 2.45) is 0 Å². The molecule has 1 N–H and O–H groups in total. The van der Waals surface area contributed by atoms with E-state index in [0.717, 1.165) is 28.2 Å². The number of benzene rings is 2. The molecule has 0 unspecified atom stereocenters. The van der Waals surface area contributed by atoms with Crippen molar-refractivity contribution in [1.29, 1.82) is 0 Å². The van der Waals surface area contributed by atoms with Crippen LogP contribution in [-0.2, 0) is 6.42 Å². The average Bonchev–Trinajstić information content (AvgIpc) is 3.05. The molecule has 4 heteroatoms. The van der Waals surface area contributed by atoms with Gasteiger partial charge < -0.3 is 5.32 Å². The van der Waals surface area contributed by atoms with Gasteiger partial charge in [-0.05, 0) is 19.1 Å². The molecule has 1 aromatic heterocycles. The second kappa shape index (κ2) is 7.20. The van der Waals surface area contributed by atoms with Gasteiger partial charge in [-0.25, -0.2) is 4.98 Å². The molecule has 1 heterocycles. The van der Waals surface area contributed by atoms with Gasteiger partial charge in [0, 0.05) is 29.5 Å². The second-order valence-corrected chi connectivity index (χ2v) is 6.31. The minimum Gasteiger partial charge on any atom is -0.352 e. The van der Waals surface area contributed by atoms with Gasteiger partial charge in [-0.3, -0.25) is 4.79 Å². The molecule has 0 aliphatic rings. The summed E-state index contributed by atoms with van der Waals surface area (Å²) in [5.74, 6) is -0.0372. The summed E-state index contributed by atoms with van der Waals surface area (Å²) in [6.45, 7) is 2.60. The number of amides is 1. The predicted octanol–water partition coefficient (Wildman–Crippen LogP) is 4.09. The first-order chi connectivity index (χ1) is 11.2. The summed E-state index contributed by atoms with van der Waals surface area (Å²) in [6, 6.07) is 17.7. The Bertz CT molecular complexity index is 779. The highest BCUT2D eigenvalue weighted by molar-refractivity contribution is 7.09. The van der Waals surface area contributed by atoms with Crippen LogP contribution in [0.5, 0.6) is 0 Å². The molecule has 0 fully saturated rings. The topological polar surface area (TPSA) is 42.0 Å². The van der Waals surface area contributed by atoms with Crippen molar-refractivity contribution in [2.75, 3.05) is 6.54 Å². The van der Waals surface area contributed by atoms with Crippen molar-refractivity contribution < 1.29 is 4.79 Å². The van der Waals surface area contributed by atoms with Gasteiger partial charge in [-0.15, -0.1) is 11.3 Å². The Morgan fingerprint density at radius 2 is 1.83 bits per heavy atom. The molecule has 0 atom stereocenters. The van der Waals surface area contributed by atoms with Crippen LogP contribution in [-0.4, -0.2) is 17.4 Å². The smallest absolute Gasteiger partial charge is 0.251 e. The summed E-state index contributed by atoms with van der Waals surface area (Å²) in [4.78, 5) is 16.7. The number of carbonyl (C=O) groups is 1.